The average Bonchev–Trinajstić information content (AvgIpc) is 2.67. The summed E-state index contributed by atoms with van der Waals surface area (Å²) in [5.41, 5.74) is 0. The average molecular weight is 246 g/mol. The molecule has 1 fully saturated rings. The highest BCUT2D eigenvalue weighted by molar-refractivity contribution is 7.91. The maximum absolute atomic E-state index is 11.2. The molecule has 16 heavy (non-hydrogen) atoms. The lowest BCUT2D eigenvalue weighted by atomic mass is 10.5. The third kappa shape index (κ3) is 2.50. The lowest BCUT2D eigenvalue weighted by Crippen LogP contribution is -2.40. The Morgan fingerprint density at radius 2 is 2.06 bits per heavy atom. The van der Waals surface area contributed by atoms with Crippen molar-refractivity contribution in [3.63, 3.8) is 0 Å². The molecule has 0 bridgehead atoms. The van der Waals surface area contributed by atoms with E-state index < -0.39 is 9.84 Å². The van der Waals surface area contributed by atoms with E-state index in [0.29, 0.717) is 31.5 Å². The minimum absolute atomic E-state index is 0.150. The summed E-state index contributed by atoms with van der Waals surface area (Å²) in [7, 11) is -1.08. The van der Waals surface area contributed by atoms with E-state index in [2.05, 4.69) is 15.5 Å². The van der Waals surface area contributed by atoms with Crippen LogP contribution in [0.5, 0.6) is 0 Å². The van der Waals surface area contributed by atoms with E-state index in [1.54, 1.807) is 11.9 Å². The second-order valence-electron chi connectivity index (χ2n) is 3.65. The summed E-state index contributed by atoms with van der Waals surface area (Å²) in [5, 5.41) is 10.6. The molecule has 8 heteroatoms. The number of nitrogens with one attached hydrogen (secondary N) is 1. The predicted octanol–water partition coefficient (Wildman–Crippen LogP) is -0.976. The first-order chi connectivity index (χ1) is 7.61. The van der Waals surface area contributed by atoms with E-state index in [1.165, 1.54) is 0 Å². The molecular formula is C8H14N4O3S. The summed E-state index contributed by atoms with van der Waals surface area (Å²) in [6.07, 6.45) is 0. The SMILES string of the molecule is CNCc1nnc(N2CCS(=O)(=O)CC2)o1. The fourth-order valence-corrected chi connectivity index (χ4v) is 2.70. The molecule has 7 nitrogen and oxygen atoms in total. The van der Waals surface area contributed by atoms with Crippen molar-refractivity contribution in [2.75, 3.05) is 36.5 Å². The number of aromatic nitrogens is 2. The summed E-state index contributed by atoms with van der Waals surface area (Å²) >= 11 is 0. The van der Waals surface area contributed by atoms with Crippen molar-refractivity contribution in [3.05, 3.63) is 5.89 Å². The largest absolute Gasteiger partial charge is 0.407 e. The molecule has 0 saturated carbocycles. The first-order valence-electron chi connectivity index (χ1n) is 5.03. The molecule has 1 aliphatic rings. The Morgan fingerprint density at radius 1 is 1.38 bits per heavy atom. The number of nitrogens with zero attached hydrogens (tertiary/aromatic N) is 3. The normalized spacial score (nSPS) is 19.9. The molecular weight excluding hydrogens is 232 g/mol. The van der Waals surface area contributed by atoms with Crippen molar-refractivity contribution < 1.29 is 12.8 Å². The van der Waals surface area contributed by atoms with E-state index in [4.69, 9.17) is 4.42 Å². The molecule has 0 radical (unpaired) electrons. The van der Waals surface area contributed by atoms with Crippen LogP contribution in [0.25, 0.3) is 0 Å². The quantitative estimate of drug-likeness (QED) is 0.733. The standard InChI is InChI=1S/C8H14N4O3S/c1-9-6-7-10-11-8(15-7)12-2-4-16(13,14)5-3-12/h9H,2-6H2,1H3. The summed E-state index contributed by atoms with van der Waals surface area (Å²) in [6.45, 7) is 1.35. The third-order valence-corrected chi connectivity index (χ3v) is 4.01. The van der Waals surface area contributed by atoms with Gasteiger partial charge in [0.1, 0.15) is 0 Å². The van der Waals surface area contributed by atoms with Crippen LogP contribution >= 0.6 is 0 Å². The molecule has 0 amide bonds. The topological polar surface area (TPSA) is 88.3 Å². The lowest BCUT2D eigenvalue weighted by Gasteiger charge is -2.24. The zero-order chi connectivity index (χ0) is 11.6. The maximum Gasteiger partial charge on any atom is 0.318 e. The molecule has 0 aromatic carbocycles. The molecule has 1 aliphatic heterocycles. The van der Waals surface area contributed by atoms with Crippen molar-refractivity contribution in [2.24, 2.45) is 0 Å². The van der Waals surface area contributed by atoms with Crippen molar-refractivity contribution in [3.8, 4) is 0 Å². The Bertz CT molecular complexity index is 442. The summed E-state index contributed by atoms with van der Waals surface area (Å²) in [4.78, 5) is 1.80. The van der Waals surface area contributed by atoms with Gasteiger partial charge in [-0.05, 0) is 7.05 Å². The summed E-state index contributed by atoms with van der Waals surface area (Å²) < 4.78 is 27.8. The fourth-order valence-electron chi connectivity index (χ4n) is 1.50. The van der Waals surface area contributed by atoms with Crippen molar-refractivity contribution in [1.29, 1.82) is 0 Å². The predicted molar refractivity (Wildman–Crippen MR) is 57.9 cm³/mol. The van der Waals surface area contributed by atoms with Gasteiger partial charge in [-0.2, -0.15) is 0 Å². The van der Waals surface area contributed by atoms with Crippen LogP contribution in [-0.2, 0) is 16.4 Å². The van der Waals surface area contributed by atoms with Gasteiger partial charge in [0.25, 0.3) is 0 Å². The molecule has 0 aliphatic carbocycles. The Kier molecular flexibility index (Phi) is 3.10. The maximum atomic E-state index is 11.2. The Hall–Kier alpha value is -1.15. The molecule has 0 unspecified atom stereocenters. The third-order valence-electron chi connectivity index (χ3n) is 2.40. The van der Waals surface area contributed by atoms with Crippen LogP contribution in [0.3, 0.4) is 0 Å². The van der Waals surface area contributed by atoms with Crippen LogP contribution < -0.4 is 10.2 Å². The number of sulfone groups is 1. The molecule has 2 rings (SSSR count). The van der Waals surface area contributed by atoms with Crippen LogP contribution in [-0.4, -0.2) is 50.3 Å². The van der Waals surface area contributed by atoms with Crippen LogP contribution in [0.2, 0.25) is 0 Å². The number of hydrogen-bond donors (Lipinski definition) is 1. The van der Waals surface area contributed by atoms with E-state index in [0.717, 1.165) is 0 Å². The van der Waals surface area contributed by atoms with Gasteiger partial charge < -0.3 is 14.6 Å². The second kappa shape index (κ2) is 4.38. The lowest BCUT2D eigenvalue weighted by molar-refractivity contribution is 0.471. The molecule has 1 aromatic rings. The smallest absolute Gasteiger partial charge is 0.318 e. The Balaban J connectivity index is 2.02. The van der Waals surface area contributed by atoms with Crippen LogP contribution in [0.1, 0.15) is 5.89 Å². The minimum atomic E-state index is -2.87. The number of rotatable bonds is 3. The molecule has 1 saturated heterocycles. The highest BCUT2D eigenvalue weighted by Gasteiger charge is 2.24. The molecule has 2 heterocycles. The molecule has 0 atom stereocenters. The summed E-state index contributed by atoms with van der Waals surface area (Å²) in [5.74, 6) is 0.805. The number of hydrogen-bond acceptors (Lipinski definition) is 7. The van der Waals surface area contributed by atoms with Gasteiger partial charge in [0.2, 0.25) is 5.89 Å². The van der Waals surface area contributed by atoms with Crippen LogP contribution in [0.4, 0.5) is 6.01 Å². The first kappa shape index (κ1) is 11.3. The monoisotopic (exact) mass is 246 g/mol. The Morgan fingerprint density at radius 3 is 2.69 bits per heavy atom. The minimum Gasteiger partial charge on any atom is -0.407 e. The zero-order valence-corrected chi connectivity index (χ0v) is 9.83. The van der Waals surface area contributed by atoms with Gasteiger partial charge in [-0.15, -0.1) is 5.10 Å². The molecule has 1 N–H and O–H groups in total. The van der Waals surface area contributed by atoms with Gasteiger partial charge in [-0.25, -0.2) is 8.42 Å². The van der Waals surface area contributed by atoms with E-state index in [-0.39, 0.29) is 11.5 Å². The number of anilines is 1. The van der Waals surface area contributed by atoms with Crippen LogP contribution in [0.15, 0.2) is 4.42 Å². The van der Waals surface area contributed by atoms with E-state index in [9.17, 15) is 8.42 Å². The van der Waals surface area contributed by atoms with Crippen LogP contribution in [0, 0.1) is 0 Å². The fraction of sp³-hybridized carbons (Fsp3) is 0.750. The van der Waals surface area contributed by atoms with Gasteiger partial charge in [-0.3, -0.25) is 0 Å². The Labute approximate surface area is 93.8 Å². The zero-order valence-electron chi connectivity index (χ0n) is 9.01. The summed E-state index contributed by atoms with van der Waals surface area (Å²) in [6, 6.07) is 0.403. The van der Waals surface area contributed by atoms with Crippen molar-refractivity contribution in [1.82, 2.24) is 15.5 Å². The molecule has 1 aromatic heterocycles. The molecule has 90 valence electrons. The van der Waals surface area contributed by atoms with Gasteiger partial charge in [0, 0.05) is 13.1 Å². The highest BCUT2D eigenvalue weighted by atomic mass is 32.2. The highest BCUT2D eigenvalue weighted by Crippen LogP contribution is 2.15. The van der Waals surface area contributed by atoms with Gasteiger partial charge >= 0.3 is 6.01 Å². The van der Waals surface area contributed by atoms with Gasteiger partial charge in [0.05, 0.1) is 18.1 Å². The van der Waals surface area contributed by atoms with E-state index >= 15 is 0 Å². The van der Waals surface area contributed by atoms with Crippen molar-refractivity contribution >= 4 is 15.9 Å². The van der Waals surface area contributed by atoms with Gasteiger partial charge in [-0.1, -0.05) is 5.10 Å². The van der Waals surface area contributed by atoms with E-state index in [1.807, 2.05) is 0 Å². The van der Waals surface area contributed by atoms with Gasteiger partial charge in [0.15, 0.2) is 9.84 Å². The second-order valence-corrected chi connectivity index (χ2v) is 5.95. The molecule has 0 spiro atoms. The van der Waals surface area contributed by atoms with Crippen molar-refractivity contribution in [2.45, 2.75) is 6.54 Å². The first-order valence-corrected chi connectivity index (χ1v) is 6.85.